The Morgan fingerprint density at radius 2 is 0.881 bits per heavy atom. The SMILES string of the molecule is CCCCCCCCCCCCCCCC/C=C\OC(COC(=O)CCCCCCCCCCCCCCCCCCCCCCC)COP(=O)(O)OCC[N+](C)(C)C. The Balaban J connectivity index is 4.11. The molecular weight excluding hydrogens is 758 g/mol. The zero-order valence-electron chi connectivity index (χ0n) is 40.0. The number of hydrogen-bond donors (Lipinski definition) is 1. The number of allylic oxidation sites excluding steroid dienone is 1. The van der Waals surface area contributed by atoms with Gasteiger partial charge in [-0.25, -0.2) is 4.57 Å². The van der Waals surface area contributed by atoms with Crippen LogP contribution in [0, 0.1) is 0 Å². The number of phosphoric ester groups is 1. The highest BCUT2D eigenvalue weighted by atomic mass is 31.2. The number of esters is 1. The molecule has 0 bridgehead atoms. The first kappa shape index (κ1) is 58.1. The molecule has 2 atom stereocenters. The number of hydrogen-bond acceptors (Lipinski definition) is 6. The Labute approximate surface area is 367 Å². The smallest absolute Gasteiger partial charge is 0.472 e. The van der Waals surface area contributed by atoms with Crippen molar-refractivity contribution in [2.24, 2.45) is 0 Å². The second-order valence-corrected chi connectivity index (χ2v) is 20.1. The second-order valence-electron chi connectivity index (χ2n) is 18.6. The van der Waals surface area contributed by atoms with Crippen LogP contribution in [0.5, 0.6) is 0 Å². The quantitative estimate of drug-likeness (QED) is 0.0214. The summed E-state index contributed by atoms with van der Waals surface area (Å²) in [6, 6.07) is 0. The number of nitrogens with zero attached hydrogens (tertiary/aromatic N) is 1. The number of carbonyl (C=O) groups is 1. The van der Waals surface area contributed by atoms with Crippen LogP contribution < -0.4 is 0 Å². The number of likely N-dealkylation sites (N-methyl/N-ethyl adjacent to an activating group) is 1. The van der Waals surface area contributed by atoms with Gasteiger partial charge in [-0.15, -0.1) is 0 Å². The van der Waals surface area contributed by atoms with E-state index in [0.717, 1.165) is 32.1 Å². The van der Waals surface area contributed by atoms with Crippen LogP contribution in [0.25, 0.3) is 0 Å². The first-order valence-corrected chi connectivity index (χ1v) is 27.0. The van der Waals surface area contributed by atoms with E-state index in [1.807, 2.05) is 27.2 Å². The van der Waals surface area contributed by atoms with Crippen LogP contribution in [0.3, 0.4) is 0 Å². The van der Waals surface area contributed by atoms with E-state index < -0.39 is 13.9 Å². The minimum atomic E-state index is -4.26. The molecule has 0 aliphatic carbocycles. The summed E-state index contributed by atoms with van der Waals surface area (Å²) in [5.41, 5.74) is 0. The van der Waals surface area contributed by atoms with Crippen molar-refractivity contribution in [1.82, 2.24) is 0 Å². The molecule has 0 rings (SSSR count). The van der Waals surface area contributed by atoms with Gasteiger partial charge in [0.15, 0.2) is 6.10 Å². The monoisotopic (exact) mass is 859 g/mol. The molecule has 0 radical (unpaired) electrons. The first-order valence-electron chi connectivity index (χ1n) is 25.5. The maximum atomic E-state index is 12.6. The highest BCUT2D eigenvalue weighted by Gasteiger charge is 2.25. The molecule has 0 aromatic rings. The zero-order chi connectivity index (χ0) is 43.4. The molecular formula is C50H101NO7P+. The maximum Gasteiger partial charge on any atom is 0.472 e. The number of quaternary nitrogens is 1. The van der Waals surface area contributed by atoms with Gasteiger partial charge in [-0.3, -0.25) is 13.8 Å². The molecule has 0 fully saturated rings. The van der Waals surface area contributed by atoms with Crippen LogP contribution in [0.15, 0.2) is 12.3 Å². The summed E-state index contributed by atoms with van der Waals surface area (Å²) in [6.45, 7) is 4.96. The topological polar surface area (TPSA) is 91.3 Å². The number of phosphoric acid groups is 1. The average Bonchev–Trinajstić information content (AvgIpc) is 3.19. The van der Waals surface area contributed by atoms with Gasteiger partial charge >= 0.3 is 13.8 Å². The lowest BCUT2D eigenvalue weighted by molar-refractivity contribution is -0.870. The van der Waals surface area contributed by atoms with Gasteiger partial charge in [0, 0.05) is 6.42 Å². The van der Waals surface area contributed by atoms with Crippen molar-refractivity contribution < 1.29 is 37.3 Å². The summed E-state index contributed by atoms with van der Waals surface area (Å²) in [5, 5.41) is 0. The van der Waals surface area contributed by atoms with Crippen molar-refractivity contribution in [2.75, 3.05) is 47.5 Å². The van der Waals surface area contributed by atoms with E-state index >= 15 is 0 Å². The summed E-state index contributed by atoms with van der Waals surface area (Å²) < 4.78 is 34.9. The lowest BCUT2D eigenvalue weighted by Gasteiger charge is -2.24. The van der Waals surface area contributed by atoms with E-state index in [2.05, 4.69) is 13.8 Å². The highest BCUT2D eigenvalue weighted by molar-refractivity contribution is 7.47. The molecule has 0 saturated heterocycles. The van der Waals surface area contributed by atoms with Gasteiger partial charge in [-0.2, -0.15) is 0 Å². The van der Waals surface area contributed by atoms with Gasteiger partial charge in [0.2, 0.25) is 0 Å². The molecule has 0 amide bonds. The van der Waals surface area contributed by atoms with E-state index in [1.165, 1.54) is 199 Å². The Hall–Kier alpha value is -0.920. The molecule has 59 heavy (non-hydrogen) atoms. The summed E-state index contributed by atoms with van der Waals surface area (Å²) in [7, 11) is 1.69. The molecule has 352 valence electrons. The lowest BCUT2D eigenvalue weighted by Crippen LogP contribution is -2.37. The lowest BCUT2D eigenvalue weighted by atomic mass is 10.0. The summed E-state index contributed by atoms with van der Waals surface area (Å²) in [4.78, 5) is 22.8. The number of carbonyl (C=O) groups excluding carboxylic acids is 1. The normalized spacial score (nSPS) is 13.6. The Kier molecular flexibility index (Phi) is 43.0. The summed E-state index contributed by atoms with van der Waals surface area (Å²) in [5.74, 6) is -0.269. The number of rotatable bonds is 48. The molecule has 0 heterocycles. The second kappa shape index (κ2) is 43.7. The van der Waals surface area contributed by atoms with E-state index in [9.17, 15) is 14.3 Å². The molecule has 0 aromatic carbocycles. The van der Waals surface area contributed by atoms with Crippen LogP contribution in [-0.2, 0) is 27.9 Å². The minimum Gasteiger partial charge on any atom is -0.492 e. The van der Waals surface area contributed by atoms with Gasteiger partial charge in [0.1, 0.15) is 19.8 Å². The fraction of sp³-hybridized carbons (Fsp3) is 0.940. The summed E-state index contributed by atoms with van der Waals surface area (Å²) in [6.07, 6.45) is 50.7. The van der Waals surface area contributed by atoms with E-state index in [0.29, 0.717) is 17.4 Å². The molecule has 8 nitrogen and oxygen atoms in total. The minimum absolute atomic E-state index is 0.0415. The molecule has 0 aliphatic rings. The number of ether oxygens (including phenoxy) is 2. The molecule has 1 N–H and O–H groups in total. The third-order valence-corrected chi connectivity index (χ3v) is 12.4. The fourth-order valence-corrected chi connectivity index (χ4v) is 8.16. The van der Waals surface area contributed by atoms with Gasteiger partial charge < -0.3 is 18.9 Å². The molecule has 0 spiro atoms. The van der Waals surface area contributed by atoms with Gasteiger partial charge in [0.25, 0.3) is 0 Å². The third kappa shape index (κ3) is 48.0. The predicted molar refractivity (Wildman–Crippen MR) is 252 cm³/mol. The maximum absolute atomic E-state index is 12.6. The van der Waals surface area contributed by atoms with Crippen LogP contribution >= 0.6 is 7.82 Å². The van der Waals surface area contributed by atoms with Crippen molar-refractivity contribution in [3.63, 3.8) is 0 Å². The Morgan fingerprint density at radius 3 is 1.25 bits per heavy atom. The van der Waals surface area contributed by atoms with Gasteiger partial charge in [-0.05, 0) is 25.3 Å². The van der Waals surface area contributed by atoms with Gasteiger partial charge in [-0.1, -0.05) is 226 Å². The van der Waals surface area contributed by atoms with Crippen molar-refractivity contribution in [2.45, 2.75) is 258 Å². The Bertz CT molecular complexity index is 956. The molecule has 0 aliphatic heterocycles. The highest BCUT2D eigenvalue weighted by Crippen LogP contribution is 2.43. The first-order chi connectivity index (χ1) is 28.6. The van der Waals surface area contributed by atoms with E-state index in [-0.39, 0.29) is 25.8 Å². The van der Waals surface area contributed by atoms with Crippen LogP contribution in [0.1, 0.15) is 251 Å². The summed E-state index contributed by atoms with van der Waals surface area (Å²) >= 11 is 0. The van der Waals surface area contributed by atoms with Crippen LogP contribution in [0.2, 0.25) is 0 Å². The average molecular weight is 859 g/mol. The zero-order valence-corrected chi connectivity index (χ0v) is 40.9. The van der Waals surface area contributed by atoms with Crippen LogP contribution in [-0.4, -0.2) is 69.0 Å². The molecule has 9 heteroatoms. The molecule has 2 unspecified atom stereocenters. The van der Waals surface area contributed by atoms with E-state index in [1.54, 1.807) is 6.26 Å². The molecule has 0 aromatic heterocycles. The fourth-order valence-electron chi connectivity index (χ4n) is 7.42. The van der Waals surface area contributed by atoms with Crippen molar-refractivity contribution in [1.29, 1.82) is 0 Å². The van der Waals surface area contributed by atoms with Crippen molar-refractivity contribution in [3.8, 4) is 0 Å². The number of unbranched alkanes of at least 4 members (excludes halogenated alkanes) is 34. The van der Waals surface area contributed by atoms with Crippen molar-refractivity contribution >= 4 is 13.8 Å². The van der Waals surface area contributed by atoms with Crippen molar-refractivity contribution in [3.05, 3.63) is 12.3 Å². The predicted octanol–water partition coefficient (Wildman–Crippen LogP) is 15.7. The van der Waals surface area contributed by atoms with Crippen LogP contribution in [0.4, 0.5) is 0 Å². The van der Waals surface area contributed by atoms with E-state index in [4.69, 9.17) is 18.5 Å². The largest absolute Gasteiger partial charge is 0.492 e. The van der Waals surface area contributed by atoms with Gasteiger partial charge in [0.05, 0.1) is 34.0 Å². The standard InChI is InChI=1S/C50H100NO7P/c1-6-8-10-12-14-16-18-20-22-24-25-26-27-28-29-31-33-35-37-39-41-43-50(52)56-47-49(48-58-59(53,54)57-46-44-51(3,4)5)55-45-42-40-38-36-34-32-30-23-21-19-17-15-13-11-9-7-2/h42,45,49H,6-41,43-44,46-48H2,1-5H3/p+1/b45-42-. The Morgan fingerprint density at radius 1 is 0.525 bits per heavy atom. The molecule has 0 saturated carbocycles. The third-order valence-electron chi connectivity index (χ3n) is 11.4.